The Morgan fingerprint density at radius 1 is 1.20 bits per heavy atom. The van der Waals surface area contributed by atoms with Crippen molar-refractivity contribution in [2.75, 3.05) is 36.4 Å². The van der Waals surface area contributed by atoms with E-state index in [0.29, 0.717) is 17.5 Å². The maximum absolute atomic E-state index is 12.2. The summed E-state index contributed by atoms with van der Waals surface area (Å²) in [7, 11) is 1.73. The van der Waals surface area contributed by atoms with Gasteiger partial charge >= 0.3 is 0 Å². The molecule has 0 atom stereocenters. The lowest BCUT2D eigenvalue weighted by Gasteiger charge is -2.38. The van der Waals surface area contributed by atoms with Crippen molar-refractivity contribution >= 4 is 33.1 Å². The number of aromatic nitrogens is 2. The van der Waals surface area contributed by atoms with E-state index in [0.717, 1.165) is 36.3 Å². The van der Waals surface area contributed by atoms with Crippen molar-refractivity contribution in [1.29, 1.82) is 0 Å². The highest BCUT2D eigenvalue weighted by molar-refractivity contribution is 9.10. The lowest BCUT2D eigenvalue weighted by Crippen LogP contribution is -2.48. The van der Waals surface area contributed by atoms with Crippen molar-refractivity contribution in [3.05, 3.63) is 45.4 Å². The van der Waals surface area contributed by atoms with Crippen LogP contribution < -0.4 is 15.8 Å². The second-order valence-electron chi connectivity index (χ2n) is 6.63. The Morgan fingerprint density at radius 3 is 2.52 bits per heavy atom. The Kier molecular flexibility index (Phi) is 5.44. The second-order valence-corrected chi connectivity index (χ2v) is 7.55. The molecule has 6 nitrogen and oxygen atoms in total. The number of hydrogen-bond acceptors (Lipinski definition) is 5. The molecule has 1 saturated heterocycles. The largest absolute Gasteiger partial charge is 0.368 e. The van der Waals surface area contributed by atoms with Gasteiger partial charge in [-0.15, -0.1) is 0 Å². The summed E-state index contributed by atoms with van der Waals surface area (Å²) in [6.07, 6.45) is 3.61. The molecule has 1 fully saturated rings. The summed E-state index contributed by atoms with van der Waals surface area (Å²) >= 11 is 3.41. The molecule has 1 N–H and O–H groups in total. The van der Waals surface area contributed by atoms with Gasteiger partial charge in [-0.05, 0) is 48.0 Å². The van der Waals surface area contributed by atoms with Crippen molar-refractivity contribution in [2.24, 2.45) is 7.05 Å². The molecule has 0 bridgehead atoms. The molecular formula is C18H24BrN5O. The number of pyridine rings is 2. The molecular weight excluding hydrogens is 382 g/mol. The van der Waals surface area contributed by atoms with E-state index in [1.54, 1.807) is 19.3 Å². The predicted octanol–water partition coefficient (Wildman–Crippen LogP) is 2.82. The maximum atomic E-state index is 12.2. The summed E-state index contributed by atoms with van der Waals surface area (Å²) in [5.41, 5.74) is 1.54. The quantitative estimate of drug-likeness (QED) is 0.847. The fourth-order valence-electron chi connectivity index (χ4n) is 3.04. The number of anilines is 3. The molecule has 3 heterocycles. The fraction of sp³-hybridized carbons (Fsp3) is 0.444. The topological polar surface area (TPSA) is 53.4 Å². The fourth-order valence-corrected chi connectivity index (χ4v) is 3.58. The van der Waals surface area contributed by atoms with E-state index in [1.807, 2.05) is 12.3 Å². The molecule has 3 rings (SSSR count). The minimum absolute atomic E-state index is 0.0844. The monoisotopic (exact) mass is 405 g/mol. The van der Waals surface area contributed by atoms with Crippen LogP contribution in [0, 0.1) is 0 Å². The molecule has 1 aliphatic rings. The predicted molar refractivity (Wildman–Crippen MR) is 106 cm³/mol. The van der Waals surface area contributed by atoms with Gasteiger partial charge in [0, 0.05) is 49.9 Å². The van der Waals surface area contributed by atoms with Gasteiger partial charge in [0.2, 0.25) is 0 Å². The van der Waals surface area contributed by atoms with Gasteiger partial charge in [0.25, 0.3) is 5.56 Å². The van der Waals surface area contributed by atoms with Crippen molar-refractivity contribution in [2.45, 2.75) is 19.9 Å². The molecule has 2 aromatic heterocycles. The molecule has 0 aliphatic carbocycles. The molecule has 2 aromatic rings. The van der Waals surface area contributed by atoms with Gasteiger partial charge in [-0.1, -0.05) is 0 Å². The first-order valence-electron chi connectivity index (χ1n) is 8.52. The third kappa shape index (κ3) is 4.22. The van der Waals surface area contributed by atoms with E-state index in [4.69, 9.17) is 0 Å². The van der Waals surface area contributed by atoms with Crippen LogP contribution in [0.2, 0.25) is 0 Å². The Bertz CT molecular complexity index is 779. The Hall–Kier alpha value is -1.86. The molecule has 0 amide bonds. The van der Waals surface area contributed by atoms with Gasteiger partial charge < -0.3 is 14.8 Å². The van der Waals surface area contributed by atoms with Crippen LogP contribution >= 0.6 is 15.9 Å². The van der Waals surface area contributed by atoms with E-state index in [-0.39, 0.29) is 5.56 Å². The SMILES string of the molecule is CC(C)N1CCN(c2ccc(Nc3cc(Br)cn(C)c3=O)nc2)CC1. The van der Waals surface area contributed by atoms with E-state index < -0.39 is 0 Å². The van der Waals surface area contributed by atoms with Crippen LogP contribution in [-0.2, 0) is 7.05 Å². The van der Waals surface area contributed by atoms with Crippen LogP contribution in [0.25, 0.3) is 0 Å². The van der Waals surface area contributed by atoms with Crippen LogP contribution in [0.15, 0.2) is 39.9 Å². The molecule has 1 aliphatic heterocycles. The second kappa shape index (κ2) is 7.58. The van der Waals surface area contributed by atoms with Crippen LogP contribution in [-0.4, -0.2) is 46.7 Å². The first kappa shape index (κ1) is 17.9. The van der Waals surface area contributed by atoms with Crippen molar-refractivity contribution < 1.29 is 0 Å². The number of piperazine rings is 1. The molecule has 7 heteroatoms. The summed E-state index contributed by atoms with van der Waals surface area (Å²) in [6, 6.07) is 6.34. The van der Waals surface area contributed by atoms with Crippen LogP contribution in [0.5, 0.6) is 0 Å². The third-order valence-electron chi connectivity index (χ3n) is 4.57. The standard InChI is InChI=1S/C18H24BrN5O/c1-13(2)23-6-8-24(9-7-23)15-4-5-17(20-11-15)21-16-10-14(19)12-22(3)18(16)25/h4-5,10-13H,6-9H2,1-3H3,(H,20,21). The average Bonchev–Trinajstić information content (AvgIpc) is 2.60. The number of aryl methyl sites for hydroxylation is 1. The lowest BCUT2D eigenvalue weighted by molar-refractivity contribution is 0.209. The smallest absolute Gasteiger partial charge is 0.274 e. The van der Waals surface area contributed by atoms with Crippen LogP contribution in [0.3, 0.4) is 0 Å². The van der Waals surface area contributed by atoms with Gasteiger partial charge in [-0.25, -0.2) is 4.98 Å². The summed E-state index contributed by atoms with van der Waals surface area (Å²) in [6.45, 7) is 8.66. The summed E-state index contributed by atoms with van der Waals surface area (Å²) in [5, 5.41) is 3.10. The summed E-state index contributed by atoms with van der Waals surface area (Å²) in [4.78, 5) is 21.5. The summed E-state index contributed by atoms with van der Waals surface area (Å²) in [5.74, 6) is 0.666. The van der Waals surface area contributed by atoms with Gasteiger partial charge in [0.15, 0.2) is 0 Å². The zero-order valence-electron chi connectivity index (χ0n) is 14.9. The van der Waals surface area contributed by atoms with Crippen molar-refractivity contribution in [3.8, 4) is 0 Å². The molecule has 0 saturated carbocycles. The number of nitrogens with zero attached hydrogens (tertiary/aromatic N) is 4. The van der Waals surface area contributed by atoms with E-state index in [1.165, 1.54) is 4.57 Å². The number of halogens is 1. The first-order valence-corrected chi connectivity index (χ1v) is 9.31. The van der Waals surface area contributed by atoms with E-state index >= 15 is 0 Å². The molecule has 134 valence electrons. The molecule has 25 heavy (non-hydrogen) atoms. The molecule has 0 aromatic carbocycles. The van der Waals surface area contributed by atoms with Gasteiger partial charge in [0.05, 0.1) is 11.9 Å². The lowest BCUT2D eigenvalue weighted by atomic mass is 10.2. The number of hydrogen-bond donors (Lipinski definition) is 1. The molecule has 0 radical (unpaired) electrons. The first-order chi connectivity index (χ1) is 11.9. The van der Waals surface area contributed by atoms with Crippen LogP contribution in [0.1, 0.15) is 13.8 Å². The highest BCUT2D eigenvalue weighted by Gasteiger charge is 2.19. The highest BCUT2D eigenvalue weighted by atomic mass is 79.9. The van der Waals surface area contributed by atoms with Crippen LogP contribution in [0.4, 0.5) is 17.2 Å². The minimum atomic E-state index is -0.0844. The van der Waals surface area contributed by atoms with Gasteiger partial charge in [-0.3, -0.25) is 9.69 Å². The average molecular weight is 406 g/mol. The van der Waals surface area contributed by atoms with Crippen molar-refractivity contribution in [3.63, 3.8) is 0 Å². The Balaban J connectivity index is 1.68. The normalized spacial score (nSPS) is 15.6. The number of nitrogens with one attached hydrogen (secondary N) is 1. The van der Waals surface area contributed by atoms with E-state index in [2.05, 4.69) is 55.9 Å². The molecule has 0 unspecified atom stereocenters. The minimum Gasteiger partial charge on any atom is -0.368 e. The highest BCUT2D eigenvalue weighted by Crippen LogP contribution is 2.20. The van der Waals surface area contributed by atoms with Crippen molar-refractivity contribution in [1.82, 2.24) is 14.5 Å². The van der Waals surface area contributed by atoms with Gasteiger partial charge in [0.1, 0.15) is 11.5 Å². The zero-order chi connectivity index (χ0) is 18.0. The summed E-state index contributed by atoms with van der Waals surface area (Å²) < 4.78 is 2.38. The Morgan fingerprint density at radius 2 is 1.92 bits per heavy atom. The third-order valence-corrected chi connectivity index (χ3v) is 5.00. The zero-order valence-corrected chi connectivity index (χ0v) is 16.5. The van der Waals surface area contributed by atoms with E-state index in [9.17, 15) is 4.79 Å². The Labute approximate surface area is 156 Å². The molecule has 0 spiro atoms. The maximum Gasteiger partial charge on any atom is 0.274 e. The van der Waals surface area contributed by atoms with Gasteiger partial charge in [-0.2, -0.15) is 0 Å². The number of rotatable bonds is 4.